The molecular formula is C12H9FN2OS. The van der Waals surface area contributed by atoms with Gasteiger partial charge >= 0.3 is 0 Å². The summed E-state index contributed by atoms with van der Waals surface area (Å²) in [6, 6.07) is 6.19. The highest BCUT2D eigenvalue weighted by molar-refractivity contribution is 7.11. The van der Waals surface area contributed by atoms with E-state index in [1.807, 2.05) is 6.07 Å². The van der Waals surface area contributed by atoms with Crippen LogP contribution in [0, 0.1) is 17.1 Å². The average Bonchev–Trinajstić information content (AvgIpc) is 2.70. The Hall–Kier alpha value is -2.06. The predicted molar refractivity (Wildman–Crippen MR) is 65.4 cm³/mol. The molecule has 0 aliphatic rings. The minimum absolute atomic E-state index is 0.362. The van der Waals surface area contributed by atoms with Crippen molar-refractivity contribution >= 4 is 17.0 Å². The van der Waals surface area contributed by atoms with Crippen LogP contribution in [-0.4, -0.2) is 7.11 Å². The van der Waals surface area contributed by atoms with Gasteiger partial charge in [0.15, 0.2) is 0 Å². The fourth-order valence-corrected chi connectivity index (χ4v) is 2.33. The van der Waals surface area contributed by atoms with E-state index in [2.05, 4.69) is 0 Å². The SMILES string of the molecule is COc1ccc(F)cc1-c1csc(C#N)c1N. The summed E-state index contributed by atoms with van der Waals surface area (Å²) in [5, 5.41) is 10.6. The first-order chi connectivity index (χ1) is 8.17. The number of nitrogen functional groups attached to an aromatic ring is 1. The summed E-state index contributed by atoms with van der Waals surface area (Å²) in [6.07, 6.45) is 0. The van der Waals surface area contributed by atoms with Crippen molar-refractivity contribution in [2.24, 2.45) is 0 Å². The van der Waals surface area contributed by atoms with E-state index < -0.39 is 0 Å². The van der Waals surface area contributed by atoms with E-state index >= 15 is 0 Å². The van der Waals surface area contributed by atoms with E-state index in [0.29, 0.717) is 27.4 Å². The number of ether oxygens (including phenoxy) is 1. The second-order valence-electron chi connectivity index (χ2n) is 3.35. The van der Waals surface area contributed by atoms with Gasteiger partial charge < -0.3 is 10.5 Å². The lowest BCUT2D eigenvalue weighted by molar-refractivity contribution is 0.415. The Morgan fingerprint density at radius 3 is 2.76 bits per heavy atom. The molecule has 1 aromatic heterocycles. The van der Waals surface area contributed by atoms with Gasteiger partial charge in [0.25, 0.3) is 0 Å². The van der Waals surface area contributed by atoms with Crippen LogP contribution in [0.5, 0.6) is 5.75 Å². The third-order valence-electron chi connectivity index (χ3n) is 2.38. The van der Waals surface area contributed by atoms with Crippen LogP contribution in [0.15, 0.2) is 23.6 Å². The molecule has 5 heteroatoms. The van der Waals surface area contributed by atoms with Gasteiger partial charge in [-0.3, -0.25) is 0 Å². The van der Waals surface area contributed by atoms with Crippen LogP contribution in [-0.2, 0) is 0 Å². The molecule has 86 valence electrons. The quantitative estimate of drug-likeness (QED) is 0.888. The second kappa shape index (κ2) is 4.44. The first-order valence-corrected chi connectivity index (χ1v) is 5.66. The number of nitrogens with two attached hydrogens (primary N) is 1. The van der Waals surface area contributed by atoms with Gasteiger partial charge in [-0.15, -0.1) is 11.3 Å². The van der Waals surface area contributed by atoms with Crippen molar-refractivity contribution in [3.8, 4) is 22.9 Å². The summed E-state index contributed by atoms with van der Waals surface area (Å²) in [5.41, 5.74) is 7.38. The maximum absolute atomic E-state index is 13.2. The molecule has 0 aliphatic heterocycles. The lowest BCUT2D eigenvalue weighted by Gasteiger charge is -2.07. The van der Waals surface area contributed by atoms with E-state index in [9.17, 15) is 4.39 Å². The highest BCUT2D eigenvalue weighted by Gasteiger charge is 2.14. The fourth-order valence-electron chi connectivity index (χ4n) is 1.55. The molecule has 0 unspecified atom stereocenters. The maximum Gasteiger partial charge on any atom is 0.128 e. The lowest BCUT2D eigenvalue weighted by atomic mass is 10.1. The molecule has 3 nitrogen and oxygen atoms in total. The smallest absolute Gasteiger partial charge is 0.128 e. The van der Waals surface area contributed by atoms with Gasteiger partial charge in [0.05, 0.1) is 12.8 Å². The van der Waals surface area contributed by atoms with E-state index in [1.54, 1.807) is 5.38 Å². The number of hydrogen-bond acceptors (Lipinski definition) is 4. The molecular weight excluding hydrogens is 239 g/mol. The summed E-state index contributed by atoms with van der Waals surface area (Å²) < 4.78 is 18.4. The number of benzene rings is 1. The van der Waals surface area contributed by atoms with Gasteiger partial charge in [0.2, 0.25) is 0 Å². The van der Waals surface area contributed by atoms with Gasteiger partial charge in [-0.05, 0) is 18.2 Å². The summed E-state index contributed by atoms with van der Waals surface area (Å²) in [5.74, 6) is 0.158. The number of halogens is 1. The van der Waals surface area contributed by atoms with Crippen molar-refractivity contribution in [1.29, 1.82) is 5.26 Å². The Balaban J connectivity index is 2.63. The lowest BCUT2D eigenvalue weighted by Crippen LogP contribution is -1.92. The minimum Gasteiger partial charge on any atom is -0.496 e. The monoisotopic (exact) mass is 248 g/mol. The van der Waals surface area contributed by atoms with E-state index in [-0.39, 0.29) is 5.82 Å². The Morgan fingerprint density at radius 2 is 2.18 bits per heavy atom. The number of anilines is 1. The molecule has 0 atom stereocenters. The number of thiophene rings is 1. The number of rotatable bonds is 2. The average molecular weight is 248 g/mol. The molecule has 2 N–H and O–H groups in total. The molecule has 0 aliphatic carbocycles. The second-order valence-corrected chi connectivity index (χ2v) is 4.23. The van der Waals surface area contributed by atoms with Crippen molar-refractivity contribution in [3.63, 3.8) is 0 Å². The molecule has 0 fully saturated rings. The standard InChI is InChI=1S/C12H9FN2OS/c1-16-10-3-2-7(13)4-8(10)9-6-17-11(5-14)12(9)15/h2-4,6H,15H2,1H3. The zero-order valence-electron chi connectivity index (χ0n) is 9.03. The van der Waals surface area contributed by atoms with Crippen LogP contribution in [0.2, 0.25) is 0 Å². The predicted octanol–water partition coefficient (Wildman–Crippen LogP) is 3.02. The summed E-state index contributed by atoms with van der Waals surface area (Å²) in [7, 11) is 1.50. The van der Waals surface area contributed by atoms with E-state index in [1.165, 1.54) is 36.6 Å². The fraction of sp³-hybridized carbons (Fsp3) is 0.0833. The van der Waals surface area contributed by atoms with Crippen molar-refractivity contribution in [2.45, 2.75) is 0 Å². The van der Waals surface area contributed by atoms with E-state index in [4.69, 9.17) is 15.7 Å². The van der Waals surface area contributed by atoms with Crippen molar-refractivity contribution in [3.05, 3.63) is 34.3 Å². The normalized spacial score (nSPS) is 9.94. The number of hydrogen-bond donors (Lipinski definition) is 1. The largest absolute Gasteiger partial charge is 0.496 e. The first kappa shape index (κ1) is 11.4. The highest BCUT2D eigenvalue weighted by atomic mass is 32.1. The molecule has 1 heterocycles. The van der Waals surface area contributed by atoms with Crippen molar-refractivity contribution in [2.75, 3.05) is 12.8 Å². The Bertz CT molecular complexity index is 601. The van der Waals surface area contributed by atoms with Gasteiger partial charge in [-0.1, -0.05) is 0 Å². The Labute approximate surface area is 102 Å². The van der Waals surface area contributed by atoms with Crippen LogP contribution in [0.25, 0.3) is 11.1 Å². The summed E-state index contributed by atoms with van der Waals surface area (Å²) in [6.45, 7) is 0. The third-order valence-corrected chi connectivity index (χ3v) is 3.28. The summed E-state index contributed by atoms with van der Waals surface area (Å²) >= 11 is 1.23. The molecule has 0 saturated carbocycles. The Kier molecular flexibility index (Phi) is 2.98. The number of nitrogens with zero attached hydrogens (tertiary/aromatic N) is 1. The Morgan fingerprint density at radius 1 is 1.41 bits per heavy atom. The molecule has 0 amide bonds. The van der Waals surface area contributed by atoms with Crippen LogP contribution in [0.4, 0.5) is 10.1 Å². The number of methoxy groups -OCH3 is 1. The van der Waals surface area contributed by atoms with Crippen LogP contribution in [0.1, 0.15) is 4.88 Å². The van der Waals surface area contributed by atoms with Gasteiger partial charge in [0, 0.05) is 16.5 Å². The molecule has 17 heavy (non-hydrogen) atoms. The molecule has 0 spiro atoms. The molecule has 0 radical (unpaired) electrons. The number of nitriles is 1. The first-order valence-electron chi connectivity index (χ1n) is 4.78. The maximum atomic E-state index is 13.2. The van der Waals surface area contributed by atoms with Crippen LogP contribution >= 0.6 is 11.3 Å². The minimum atomic E-state index is -0.370. The summed E-state index contributed by atoms with van der Waals surface area (Å²) in [4.78, 5) is 0.423. The molecule has 0 bridgehead atoms. The molecule has 0 saturated heterocycles. The van der Waals surface area contributed by atoms with Crippen LogP contribution < -0.4 is 10.5 Å². The van der Waals surface area contributed by atoms with Gasteiger partial charge in [-0.2, -0.15) is 5.26 Å². The molecule has 1 aromatic carbocycles. The van der Waals surface area contributed by atoms with Gasteiger partial charge in [-0.25, -0.2) is 4.39 Å². The van der Waals surface area contributed by atoms with Gasteiger partial charge in [0.1, 0.15) is 22.5 Å². The van der Waals surface area contributed by atoms with Crippen molar-refractivity contribution < 1.29 is 9.13 Å². The molecule has 2 rings (SSSR count). The van der Waals surface area contributed by atoms with Crippen molar-refractivity contribution in [1.82, 2.24) is 0 Å². The zero-order valence-corrected chi connectivity index (χ0v) is 9.84. The topological polar surface area (TPSA) is 59.0 Å². The van der Waals surface area contributed by atoms with E-state index in [0.717, 1.165) is 0 Å². The molecule has 2 aromatic rings. The zero-order chi connectivity index (χ0) is 12.4. The third kappa shape index (κ3) is 1.95. The highest BCUT2D eigenvalue weighted by Crippen LogP contribution is 2.38. The van der Waals surface area contributed by atoms with Crippen LogP contribution in [0.3, 0.4) is 0 Å².